The Bertz CT molecular complexity index is 1490. The third-order valence-corrected chi connectivity index (χ3v) is 5.71. The Kier molecular flexibility index (Phi) is 6.48. The van der Waals surface area contributed by atoms with Gasteiger partial charge in [0.05, 0.1) is 18.1 Å². The van der Waals surface area contributed by atoms with Crippen LogP contribution in [0.15, 0.2) is 113 Å². The van der Waals surface area contributed by atoms with E-state index in [1.165, 1.54) is 6.26 Å². The number of hydrogen-bond donors (Lipinski definition) is 0. The lowest BCUT2D eigenvalue weighted by Crippen LogP contribution is -2.07. The molecular formula is C30H24O5. The molecule has 0 bridgehead atoms. The first-order valence-corrected chi connectivity index (χ1v) is 11.3. The molecule has 0 saturated carbocycles. The van der Waals surface area contributed by atoms with Crippen molar-refractivity contribution in [2.45, 2.75) is 13.2 Å². The summed E-state index contributed by atoms with van der Waals surface area (Å²) in [5.41, 5.74) is 3.46. The van der Waals surface area contributed by atoms with Crippen LogP contribution in [0.1, 0.15) is 11.1 Å². The number of benzene rings is 4. The Labute approximate surface area is 203 Å². The molecule has 35 heavy (non-hydrogen) atoms. The summed E-state index contributed by atoms with van der Waals surface area (Å²) in [7, 11) is 1.57. The summed E-state index contributed by atoms with van der Waals surface area (Å²) >= 11 is 0. The summed E-state index contributed by atoms with van der Waals surface area (Å²) in [6.07, 6.45) is 1.47. The van der Waals surface area contributed by atoms with Gasteiger partial charge in [-0.1, -0.05) is 60.7 Å². The van der Waals surface area contributed by atoms with Gasteiger partial charge in [-0.25, -0.2) is 0 Å². The molecule has 0 fully saturated rings. The maximum absolute atomic E-state index is 13.4. The van der Waals surface area contributed by atoms with Crippen molar-refractivity contribution >= 4 is 11.0 Å². The smallest absolute Gasteiger partial charge is 0.200 e. The molecule has 0 unspecified atom stereocenters. The second-order valence-corrected chi connectivity index (χ2v) is 8.05. The zero-order chi connectivity index (χ0) is 24.0. The summed E-state index contributed by atoms with van der Waals surface area (Å²) in [4.78, 5) is 13.4. The highest BCUT2D eigenvalue weighted by Gasteiger charge is 2.16. The van der Waals surface area contributed by atoms with E-state index in [0.29, 0.717) is 52.6 Å². The van der Waals surface area contributed by atoms with E-state index >= 15 is 0 Å². The van der Waals surface area contributed by atoms with E-state index in [-0.39, 0.29) is 5.43 Å². The average molecular weight is 465 g/mol. The molecular weight excluding hydrogens is 440 g/mol. The van der Waals surface area contributed by atoms with Gasteiger partial charge in [-0.05, 0) is 35.4 Å². The van der Waals surface area contributed by atoms with Crippen LogP contribution >= 0.6 is 0 Å². The molecule has 0 saturated heterocycles. The largest absolute Gasteiger partial charge is 0.497 e. The van der Waals surface area contributed by atoms with Crippen molar-refractivity contribution in [1.82, 2.24) is 0 Å². The Morgan fingerprint density at radius 2 is 1.34 bits per heavy atom. The molecule has 0 radical (unpaired) electrons. The first-order chi connectivity index (χ1) is 17.2. The molecule has 1 heterocycles. The normalized spacial score (nSPS) is 10.8. The number of methoxy groups -OCH3 is 1. The minimum absolute atomic E-state index is 0.142. The lowest BCUT2D eigenvalue weighted by Gasteiger charge is -2.14. The average Bonchev–Trinajstić information content (AvgIpc) is 2.92. The maximum Gasteiger partial charge on any atom is 0.200 e. The third kappa shape index (κ3) is 5.04. The molecule has 0 aliphatic rings. The van der Waals surface area contributed by atoms with E-state index < -0.39 is 0 Å². The van der Waals surface area contributed by atoms with Crippen molar-refractivity contribution in [3.63, 3.8) is 0 Å². The van der Waals surface area contributed by atoms with E-state index in [9.17, 15) is 4.79 Å². The number of hydrogen-bond acceptors (Lipinski definition) is 5. The summed E-state index contributed by atoms with van der Waals surface area (Å²) in [6.45, 7) is 0.782. The molecule has 1 aromatic heterocycles. The van der Waals surface area contributed by atoms with E-state index in [1.54, 1.807) is 25.3 Å². The Balaban J connectivity index is 1.51. The van der Waals surface area contributed by atoms with E-state index in [1.807, 2.05) is 78.9 Å². The van der Waals surface area contributed by atoms with Crippen molar-refractivity contribution in [2.75, 3.05) is 7.11 Å². The number of fused-ring (bicyclic) bond motifs is 1. The van der Waals surface area contributed by atoms with Gasteiger partial charge in [0.1, 0.15) is 42.3 Å². The van der Waals surface area contributed by atoms with Gasteiger partial charge in [0, 0.05) is 17.7 Å². The van der Waals surface area contributed by atoms with Gasteiger partial charge in [0.25, 0.3) is 0 Å². The van der Waals surface area contributed by atoms with Gasteiger partial charge in [-0.3, -0.25) is 4.79 Å². The zero-order valence-corrected chi connectivity index (χ0v) is 19.3. The second kappa shape index (κ2) is 10.2. The third-order valence-electron chi connectivity index (χ3n) is 5.71. The van der Waals surface area contributed by atoms with Crippen LogP contribution in [-0.4, -0.2) is 7.11 Å². The number of ether oxygens (including phenoxy) is 3. The molecule has 0 amide bonds. The first kappa shape index (κ1) is 22.3. The van der Waals surface area contributed by atoms with Gasteiger partial charge >= 0.3 is 0 Å². The van der Waals surface area contributed by atoms with Gasteiger partial charge in [0.15, 0.2) is 0 Å². The van der Waals surface area contributed by atoms with Gasteiger partial charge < -0.3 is 18.6 Å². The molecule has 5 aromatic rings. The summed E-state index contributed by atoms with van der Waals surface area (Å²) < 4.78 is 23.2. The van der Waals surface area contributed by atoms with Crippen molar-refractivity contribution < 1.29 is 18.6 Å². The van der Waals surface area contributed by atoms with Crippen molar-refractivity contribution in [1.29, 1.82) is 0 Å². The predicted octanol–water partition coefficient (Wildman–Crippen LogP) is 6.63. The minimum atomic E-state index is -0.142. The van der Waals surface area contributed by atoms with Crippen LogP contribution in [0.2, 0.25) is 0 Å². The van der Waals surface area contributed by atoms with Crippen LogP contribution in [0.25, 0.3) is 22.1 Å². The standard InChI is InChI=1S/C30H24O5/c1-32-23-12-15-26-29(16-23)35-20-27(30(26)31)25-14-13-24(33-18-21-8-4-2-5-9-21)17-28(25)34-19-22-10-6-3-7-11-22/h2-17,20H,18-19H2,1H3. The lowest BCUT2D eigenvalue weighted by molar-refractivity contribution is 0.291. The molecule has 5 rings (SSSR count). The lowest BCUT2D eigenvalue weighted by atomic mass is 10.0. The van der Waals surface area contributed by atoms with Gasteiger partial charge in [0.2, 0.25) is 5.43 Å². The topological polar surface area (TPSA) is 57.9 Å². The molecule has 5 heteroatoms. The minimum Gasteiger partial charge on any atom is -0.497 e. The SMILES string of the molecule is COc1ccc2c(=O)c(-c3ccc(OCc4ccccc4)cc3OCc3ccccc3)coc2c1. The molecule has 0 N–H and O–H groups in total. The summed E-state index contributed by atoms with van der Waals surface area (Å²) in [5, 5.41) is 0.474. The maximum atomic E-state index is 13.4. The zero-order valence-electron chi connectivity index (χ0n) is 19.3. The van der Waals surface area contributed by atoms with E-state index in [4.69, 9.17) is 18.6 Å². The fraction of sp³-hybridized carbons (Fsp3) is 0.100. The summed E-state index contributed by atoms with van der Waals surface area (Å²) in [5.74, 6) is 1.82. The molecule has 0 atom stereocenters. The molecule has 4 aromatic carbocycles. The highest BCUT2D eigenvalue weighted by Crippen LogP contribution is 2.34. The first-order valence-electron chi connectivity index (χ1n) is 11.3. The highest BCUT2D eigenvalue weighted by molar-refractivity contribution is 5.84. The Morgan fingerprint density at radius 1 is 0.686 bits per heavy atom. The quantitative estimate of drug-likeness (QED) is 0.258. The van der Waals surface area contributed by atoms with Crippen molar-refractivity contribution in [3.8, 4) is 28.4 Å². The molecule has 5 nitrogen and oxygen atoms in total. The van der Waals surface area contributed by atoms with E-state index in [0.717, 1.165) is 11.1 Å². The predicted molar refractivity (Wildman–Crippen MR) is 136 cm³/mol. The number of rotatable bonds is 8. The van der Waals surface area contributed by atoms with Crippen LogP contribution in [0.3, 0.4) is 0 Å². The molecule has 174 valence electrons. The fourth-order valence-corrected chi connectivity index (χ4v) is 3.83. The molecule has 0 aliphatic heterocycles. The van der Waals surface area contributed by atoms with Crippen LogP contribution < -0.4 is 19.6 Å². The Morgan fingerprint density at radius 3 is 2.03 bits per heavy atom. The van der Waals surface area contributed by atoms with Crippen molar-refractivity contribution in [2.24, 2.45) is 0 Å². The van der Waals surface area contributed by atoms with Gasteiger partial charge in [-0.15, -0.1) is 0 Å². The monoisotopic (exact) mass is 464 g/mol. The molecule has 0 aliphatic carbocycles. The van der Waals surface area contributed by atoms with E-state index in [2.05, 4.69) is 0 Å². The molecule has 0 spiro atoms. The second-order valence-electron chi connectivity index (χ2n) is 8.05. The Hall–Kier alpha value is -4.51. The van der Waals surface area contributed by atoms with Crippen LogP contribution in [0.5, 0.6) is 17.2 Å². The van der Waals surface area contributed by atoms with Crippen LogP contribution in [-0.2, 0) is 13.2 Å². The van der Waals surface area contributed by atoms with Gasteiger partial charge in [-0.2, -0.15) is 0 Å². The summed E-state index contributed by atoms with van der Waals surface area (Å²) in [6, 6.07) is 30.5. The van der Waals surface area contributed by atoms with Crippen LogP contribution in [0, 0.1) is 0 Å². The fourth-order valence-electron chi connectivity index (χ4n) is 3.83. The highest BCUT2D eigenvalue weighted by atomic mass is 16.5. The van der Waals surface area contributed by atoms with Crippen LogP contribution in [0.4, 0.5) is 0 Å². The van der Waals surface area contributed by atoms with Crippen molar-refractivity contribution in [3.05, 3.63) is 125 Å².